The molecule has 0 aliphatic rings. The number of phenolic OH excluding ortho intramolecular Hbond substituents is 1. The van der Waals surface area contributed by atoms with E-state index in [0.29, 0.717) is 25.3 Å². The van der Waals surface area contributed by atoms with Crippen LogP contribution < -0.4 is 5.32 Å². The summed E-state index contributed by atoms with van der Waals surface area (Å²) in [6, 6.07) is 4.93. The smallest absolute Gasteiger partial charge is 0.255 e. The van der Waals surface area contributed by atoms with Gasteiger partial charge < -0.3 is 15.2 Å². The van der Waals surface area contributed by atoms with Gasteiger partial charge in [-0.1, -0.05) is 15.9 Å². The largest absolute Gasteiger partial charge is 0.507 e. The van der Waals surface area contributed by atoms with Gasteiger partial charge in [0, 0.05) is 22.1 Å². The predicted molar refractivity (Wildman–Crippen MR) is 82.4 cm³/mol. The fraction of sp³-hybridized carbons (Fsp3) is 0.417. The Morgan fingerprint density at radius 2 is 2.22 bits per heavy atom. The minimum absolute atomic E-state index is 0.00320. The van der Waals surface area contributed by atoms with Crippen LogP contribution in [-0.4, -0.2) is 36.1 Å². The third-order valence-electron chi connectivity index (χ3n) is 2.18. The van der Waals surface area contributed by atoms with Gasteiger partial charge in [-0.3, -0.25) is 4.79 Å². The third-order valence-corrected chi connectivity index (χ3v) is 3.17. The summed E-state index contributed by atoms with van der Waals surface area (Å²) in [6.45, 7) is 1.82. The van der Waals surface area contributed by atoms with Crippen LogP contribution in [0.25, 0.3) is 0 Å². The average Bonchev–Trinajstić information content (AvgIpc) is 2.36. The Morgan fingerprint density at radius 1 is 1.44 bits per heavy atom. The first kappa shape index (κ1) is 15.7. The van der Waals surface area contributed by atoms with E-state index in [1.54, 1.807) is 12.1 Å². The second-order valence-corrected chi connectivity index (χ2v) is 5.61. The summed E-state index contributed by atoms with van der Waals surface area (Å²) in [6.07, 6.45) is 0.753. The van der Waals surface area contributed by atoms with E-state index < -0.39 is 0 Å². The van der Waals surface area contributed by atoms with Crippen LogP contribution in [0.5, 0.6) is 5.75 Å². The number of benzene rings is 1. The molecule has 0 unspecified atom stereocenters. The molecule has 0 bridgehead atoms. The van der Waals surface area contributed by atoms with Crippen molar-refractivity contribution in [3.63, 3.8) is 0 Å². The minimum Gasteiger partial charge on any atom is -0.507 e. The Labute approximate surface area is 128 Å². The maximum atomic E-state index is 11.8. The molecule has 0 atom stereocenters. The summed E-state index contributed by atoms with van der Waals surface area (Å²) in [5.41, 5.74) is 0.309. The molecule has 0 fully saturated rings. The molecule has 0 aliphatic carbocycles. The van der Waals surface area contributed by atoms with Crippen LogP contribution in [0.4, 0.5) is 0 Å². The monoisotopic (exact) mass is 427 g/mol. The first-order valence-electron chi connectivity index (χ1n) is 5.55. The Morgan fingerprint density at radius 3 is 2.94 bits per heavy atom. The Kier molecular flexibility index (Phi) is 7.60. The van der Waals surface area contributed by atoms with Gasteiger partial charge in [0.1, 0.15) is 5.75 Å². The standard InChI is InChI=1S/C12H15BrINO3/c13-4-7-18-6-1-5-15-12(17)10-8-9(14)2-3-11(10)16/h2-3,8,16H,1,4-7H2,(H,15,17). The number of alkyl halides is 1. The van der Waals surface area contributed by atoms with Gasteiger partial charge in [0.05, 0.1) is 12.2 Å². The van der Waals surface area contributed by atoms with Crippen molar-refractivity contribution in [2.24, 2.45) is 0 Å². The summed E-state index contributed by atoms with van der Waals surface area (Å²) < 4.78 is 6.18. The lowest BCUT2D eigenvalue weighted by Gasteiger charge is -2.07. The number of phenols is 1. The lowest BCUT2D eigenvalue weighted by Crippen LogP contribution is -2.25. The highest BCUT2D eigenvalue weighted by Crippen LogP contribution is 2.19. The molecule has 6 heteroatoms. The number of nitrogens with one attached hydrogen (secondary N) is 1. The quantitative estimate of drug-likeness (QED) is 0.399. The normalized spacial score (nSPS) is 10.3. The molecule has 0 aromatic heterocycles. The molecule has 18 heavy (non-hydrogen) atoms. The molecule has 2 N–H and O–H groups in total. The summed E-state index contributed by atoms with van der Waals surface area (Å²) in [5, 5.41) is 13.1. The number of hydrogen-bond acceptors (Lipinski definition) is 3. The Balaban J connectivity index is 2.34. The highest BCUT2D eigenvalue weighted by atomic mass is 127. The van der Waals surface area contributed by atoms with Crippen molar-refractivity contribution in [1.82, 2.24) is 5.32 Å². The zero-order chi connectivity index (χ0) is 13.4. The molecule has 1 amide bonds. The second-order valence-electron chi connectivity index (χ2n) is 3.57. The average molecular weight is 428 g/mol. The molecule has 1 aromatic rings. The van der Waals surface area contributed by atoms with Gasteiger partial charge in [0.25, 0.3) is 5.91 Å². The van der Waals surface area contributed by atoms with Crippen LogP contribution >= 0.6 is 38.5 Å². The maximum Gasteiger partial charge on any atom is 0.255 e. The summed E-state index contributed by atoms with van der Waals surface area (Å²) >= 11 is 5.36. The summed E-state index contributed by atoms with van der Waals surface area (Å²) in [4.78, 5) is 11.8. The molecule has 1 aromatic carbocycles. The number of carbonyl (C=O) groups excluding carboxylic acids is 1. The number of halogens is 2. The number of hydrogen-bond donors (Lipinski definition) is 2. The Bertz CT molecular complexity index is 401. The molecule has 0 aliphatic heterocycles. The van der Waals surface area contributed by atoms with Crippen LogP contribution in [0.1, 0.15) is 16.8 Å². The molecule has 1 rings (SSSR count). The van der Waals surface area contributed by atoms with Crippen LogP contribution in [0, 0.1) is 3.57 Å². The molecular weight excluding hydrogens is 413 g/mol. The van der Waals surface area contributed by atoms with E-state index in [0.717, 1.165) is 15.3 Å². The van der Waals surface area contributed by atoms with E-state index in [-0.39, 0.29) is 11.7 Å². The van der Waals surface area contributed by atoms with Crippen molar-refractivity contribution in [3.05, 3.63) is 27.3 Å². The zero-order valence-corrected chi connectivity index (χ0v) is 13.5. The van der Waals surface area contributed by atoms with Gasteiger partial charge in [0.15, 0.2) is 0 Å². The van der Waals surface area contributed by atoms with E-state index in [1.165, 1.54) is 6.07 Å². The fourth-order valence-electron chi connectivity index (χ4n) is 1.32. The molecule has 100 valence electrons. The van der Waals surface area contributed by atoms with Crippen LogP contribution in [0.15, 0.2) is 18.2 Å². The lowest BCUT2D eigenvalue weighted by molar-refractivity contribution is 0.0942. The van der Waals surface area contributed by atoms with Crippen LogP contribution in [0.2, 0.25) is 0 Å². The molecule has 4 nitrogen and oxygen atoms in total. The van der Waals surface area contributed by atoms with Gasteiger partial charge in [-0.05, 0) is 47.2 Å². The number of ether oxygens (including phenoxy) is 1. The van der Waals surface area contributed by atoms with E-state index in [4.69, 9.17) is 4.74 Å². The summed E-state index contributed by atoms with van der Waals surface area (Å²) in [7, 11) is 0. The number of rotatable bonds is 7. The SMILES string of the molecule is O=C(NCCCOCCBr)c1cc(I)ccc1O. The van der Waals surface area contributed by atoms with Crippen molar-refractivity contribution in [3.8, 4) is 5.75 Å². The number of carbonyl (C=O) groups is 1. The number of amides is 1. The van der Waals surface area contributed by atoms with Crippen molar-refractivity contribution in [2.45, 2.75) is 6.42 Å². The molecule has 0 saturated carbocycles. The Hall–Kier alpha value is -0.340. The van der Waals surface area contributed by atoms with Gasteiger partial charge in [-0.2, -0.15) is 0 Å². The van der Waals surface area contributed by atoms with Gasteiger partial charge in [-0.25, -0.2) is 0 Å². The first-order chi connectivity index (χ1) is 8.65. The highest BCUT2D eigenvalue weighted by Gasteiger charge is 2.10. The van der Waals surface area contributed by atoms with E-state index >= 15 is 0 Å². The summed E-state index contributed by atoms with van der Waals surface area (Å²) in [5.74, 6) is -0.255. The van der Waals surface area contributed by atoms with Gasteiger partial charge in [0.2, 0.25) is 0 Å². The highest BCUT2D eigenvalue weighted by molar-refractivity contribution is 14.1. The zero-order valence-electron chi connectivity index (χ0n) is 9.79. The minimum atomic E-state index is -0.258. The van der Waals surface area contributed by atoms with Crippen molar-refractivity contribution in [1.29, 1.82) is 0 Å². The van der Waals surface area contributed by atoms with E-state index in [2.05, 4.69) is 43.8 Å². The van der Waals surface area contributed by atoms with Gasteiger partial charge >= 0.3 is 0 Å². The lowest BCUT2D eigenvalue weighted by atomic mass is 10.2. The van der Waals surface area contributed by atoms with E-state index in [9.17, 15) is 9.90 Å². The molecule has 0 saturated heterocycles. The molecular formula is C12H15BrINO3. The predicted octanol–water partition coefficient (Wildman–Crippen LogP) is 2.53. The molecule has 0 spiro atoms. The van der Waals surface area contributed by atoms with Gasteiger partial charge in [-0.15, -0.1) is 0 Å². The van der Waals surface area contributed by atoms with Crippen molar-refractivity contribution in [2.75, 3.05) is 25.1 Å². The van der Waals surface area contributed by atoms with Crippen LogP contribution in [0.3, 0.4) is 0 Å². The van der Waals surface area contributed by atoms with Crippen molar-refractivity contribution >= 4 is 44.4 Å². The third kappa shape index (κ3) is 5.53. The maximum absolute atomic E-state index is 11.8. The van der Waals surface area contributed by atoms with E-state index in [1.807, 2.05) is 0 Å². The first-order valence-corrected chi connectivity index (χ1v) is 7.75. The van der Waals surface area contributed by atoms with Crippen LogP contribution in [-0.2, 0) is 4.74 Å². The second kappa shape index (κ2) is 8.71. The van der Waals surface area contributed by atoms with Crippen molar-refractivity contribution < 1.29 is 14.6 Å². The topological polar surface area (TPSA) is 58.6 Å². The number of aromatic hydroxyl groups is 1. The molecule has 0 radical (unpaired) electrons. The molecule has 0 heterocycles. The fourth-order valence-corrected chi connectivity index (χ4v) is 2.04.